The Hall–Kier alpha value is -3.78. The highest BCUT2D eigenvalue weighted by Gasteiger charge is 2.73. The average molecular weight is 317 g/mol. The van der Waals surface area contributed by atoms with Gasteiger partial charge in [0.05, 0.1) is 15.9 Å². The fraction of sp³-hybridized carbons (Fsp3) is 0.143. The zero-order valence-electron chi connectivity index (χ0n) is 10.1. The van der Waals surface area contributed by atoms with E-state index in [1.165, 1.54) is 0 Å². The van der Waals surface area contributed by atoms with E-state index in [2.05, 4.69) is 0 Å². The zero-order valence-corrected chi connectivity index (χ0v) is 10.1. The Morgan fingerprint density at radius 1 is 0.636 bits per heavy atom. The van der Waals surface area contributed by atoms with Crippen LogP contribution in [0.4, 0.5) is 11.4 Å². The Morgan fingerprint density at radius 3 is 1.18 bits per heavy atom. The molecule has 0 saturated carbocycles. The van der Waals surface area contributed by atoms with E-state index in [-0.39, 0.29) is 12.1 Å². The van der Waals surface area contributed by atoms with Crippen LogP contribution in [0.2, 0.25) is 0 Å². The maximum Gasteiger partial charge on any atom is 0.729 e. The first-order valence-electron chi connectivity index (χ1n) is 4.93. The maximum absolute atomic E-state index is 10.8. The van der Waals surface area contributed by atoms with E-state index >= 15 is 0 Å². The summed E-state index contributed by atoms with van der Waals surface area (Å²) < 4.78 is 0. The number of non-ortho nitro benzene ring substituents is 2. The molecule has 22 heavy (non-hydrogen) atoms. The van der Waals surface area contributed by atoms with Crippen LogP contribution in [0.3, 0.4) is 0 Å². The number of benzene rings is 1. The van der Waals surface area contributed by atoms with Crippen molar-refractivity contribution in [3.05, 3.63) is 74.3 Å². The Balaban J connectivity index is 3.87. The second-order valence-electron chi connectivity index (χ2n) is 3.66. The van der Waals surface area contributed by atoms with Gasteiger partial charge in [0.15, 0.2) is 14.8 Å². The van der Waals surface area contributed by atoms with E-state index in [1.54, 1.807) is 0 Å². The monoisotopic (exact) mass is 317 g/mol. The van der Waals surface area contributed by atoms with Crippen molar-refractivity contribution >= 4 is 11.4 Å². The minimum Gasteiger partial charge on any atom is -0.258 e. The number of nitro groups is 5. The Bertz CT molecular complexity index is 645. The molecule has 0 atom stereocenters. The summed E-state index contributed by atoms with van der Waals surface area (Å²) in [6.45, 7) is 0. The lowest BCUT2D eigenvalue weighted by Gasteiger charge is -2.08. The van der Waals surface area contributed by atoms with Gasteiger partial charge in [-0.2, -0.15) is 0 Å². The molecular formula is C7H3N5O10. The molecule has 1 rings (SSSR count). The number of hydrogen-bond acceptors (Lipinski definition) is 10. The van der Waals surface area contributed by atoms with Crippen molar-refractivity contribution < 1.29 is 24.6 Å². The molecule has 1 aromatic rings. The van der Waals surface area contributed by atoms with E-state index in [0.29, 0.717) is 6.07 Å². The van der Waals surface area contributed by atoms with Crippen LogP contribution in [0.15, 0.2) is 18.2 Å². The minimum atomic E-state index is -4.20. The summed E-state index contributed by atoms with van der Waals surface area (Å²) in [6.07, 6.45) is 0. The second-order valence-corrected chi connectivity index (χ2v) is 3.66. The summed E-state index contributed by atoms with van der Waals surface area (Å²) >= 11 is 0. The van der Waals surface area contributed by atoms with E-state index in [9.17, 15) is 50.6 Å². The summed E-state index contributed by atoms with van der Waals surface area (Å²) in [6, 6.07) is 0.691. The molecule has 0 bridgehead atoms. The van der Waals surface area contributed by atoms with Gasteiger partial charge in [-0.3, -0.25) is 50.6 Å². The van der Waals surface area contributed by atoms with Crippen LogP contribution >= 0.6 is 0 Å². The lowest BCUT2D eigenvalue weighted by atomic mass is 10.1. The molecule has 0 aliphatic rings. The SMILES string of the molecule is O=[N+]([O-])c1cc([N+](=O)[O-])cc(C([N+](=O)[O-])([N+](=O)[O-])[N+](=O)[O-])c1. The van der Waals surface area contributed by atoms with Gasteiger partial charge in [0, 0.05) is 12.1 Å². The Labute approximate surface area is 117 Å². The molecule has 15 heteroatoms. The van der Waals surface area contributed by atoms with E-state index in [4.69, 9.17) is 0 Å². The van der Waals surface area contributed by atoms with Crippen molar-refractivity contribution in [2.45, 2.75) is 5.79 Å². The highest BCUT2D eigenvalue weighted by atomic mass is 16.7. The maximum atomic E-state index is 10.8. The third-order valence-corrected chi connectivity index (χ3v) is 2.48. The largest absolute Gasteiger partial charge is 0.729 e. The minimum absolute atomic E-state index is 0.168. The molecule has 15 nitrogen and oxygen atoms in total. The Morgan fingerprint density at radius 2 is 0.955 bits per heavy atom. The molecule has 0 spiro atoms. The molecular weight excluding hydrogens is 314 g/mol. The van der Waals surface area contributed by atoms with E-state index in [1.807, 2.05) is 0 Å². The molecule has 0 aromatic heterocycles. The van der Waals surface area contributed by atoms with Gasteiger partial charge in [-0.1, -0.05) is 0 Å². The quantitative estimate of drug-likeness (QED) is 0.400. The molecule has 0 N–H and O–H groups in total. The lowest BCUT2D eigenvalue weighted by Crippen LogP contribution is -2.50. The second kappa shape index (κ2) is 5.31. The highest BCUT2D eigenvalue weighted by Crippen LogP contribution is 2.33. The first-order valence-corrected chi connectivity index (χ1v) is 4.93. The van der Waals surface area contributed by atoms with Gasteiger partial charge in [0.25, 0.3) is 11.4 Å². The van der Waals surface area contributed by atoms with Crippen LogP contribution in [-0.2, 0) is 5.79 Å². The predicted octanol–water partition coefficient (Wildman–Crippen LogP) is 0.443. The molecule has 0 aliphatic carbocycles. The molecule has 116 valence electrons. The van der Waals surface area contributed by atoms with Crippen molar-refractivity contribution in [1.29, 1.82) is 0 Å². The topological polar surface area (TPSA) is 216 Å². The van der Waals surface area contributed by atoms with E-state index in [0.717, 1.165) is 0 Å². The van der Waals surface area contributed by atoms with Gasteiger partial charge in [-0.25, -0.2) is 0 Å². The summed E-state index contributed by atoms with van der Waals surface area (Å²) in [5, 5.41) is 53.8. The van der Waals surface area contributed by atoms with Crippen molar-refractivity contribution in [2.75, 3.05) is 0 Å². The molecule has 1 aromatic carbocycles. The summed E-state index contributed by atoms with van der Waals surface area (Å²) in [7, 11) is 0. The number of nitro benzene ring substituents is 2. The van der Waals surface area contributed by atoms with Crippen LogP contribution in [0.5, 0.6) is 0 Å². The smallest absolute Gasteiger partial charge is 0.258 e. The fourth-order valence-electron chi connectivity index (χ4n) is 1.52. The number of nitrogens with zero attached hydrogens (tertiary/aromatic N) is 5. The van der Waals surface area contributed by atoms with Crippen molar-refractivity contribution in [3.63, 3.8) is 0 Å². The molecule has 0 fully saturated rings. The first kappa shape index (κ1) is 16.3. The van der Waals surface area contributed by atoms with Gasteiger partial charge < -0.3 is 0 Å². The zero-order chi connectivity index (χ0) is 17.2. The van der Waals surface area contributed by atoms with Crippen LogP contribution in [0, 0.1) is 50.6 Å². The van der Waals surface area contributed by atoms with Gasteiger partial charge in [0.1, 0.15) is 0 Å². The van der Waals surface area contributed by atoms with Gasteiger partial charge >= 0.3 is 5.79 Å². The van der Waals surface area contributed by atoms with Crippen LogP contribution in [0.25, 0.3) is 0 Å². The van der Waals surface area contributed by atoms with E-state index < -0.39 is 47.3 Å². The standard InChI is InChI=1S/C7H3N5O10/c13-8(14)5-1-4(2-6(3-5)9(15)16)7(10(17)18,11(19)20)12(21)22/h1-3H. The molecule has 0 aliphatic heterocycles. The Kier molecular flexibility index (Phi) is 3.93. The fourth-order valence-corrected chi connectivity index (χ4v) is 1.52. The summed E-state index contributed by atoms with van der Waals surface area (Å²) in [5.74, 6) is -4.20. The van der Waals surface area contributed by atoms with Crippen LogP contribution < -0.4 is 0 Å². The van der Waals surface area contributed by atoms with Crippen molar-refractivity contribution in [2.24, 2.45) is 0 Å². The first-order chi connectivity index (χ1) is 10.0. The summed E-state index contributed by atoms with van der Waals surface area (Å²) in [4.78, 5) is 45.6. The third-order valence-electron chi connectivity index (χ3n) is 2.48. The predicted molar refractivity (Wildman–Crippen MR) is 62.4 cm³/mol. The average Bonchev–Trinajstić information content (AvgIpc) is 2.37. The third kappa shape index (κ3) is 2.32. The van der Waals surface area contributed by atoms with Crippen molar-refractivity contribution in [3.8, 4) is 0 Å². The molecule has 0 radical (unpaired) electrons. The van der Waals surface area contributed by atoms with Crippen LogP contribution in [-0.4, -0.2) is 24.6 Å². The van der Waals surface area contributed by atoms with Crippen LogP contribution in [0.1, 0.15) is 5.56 Å². The van der Waals surface area contributed by atoms with Crippen molar-refractivity contribution in [1.82, 2.24) is 0 Å². The molecule has 0 unspecified atom stereocenters. The van der Waals surface area contributed by atoms with Gasteiger partial charge in [-0.05, 0) is 0 Å². The number of hydrogen-bond donors (Lipinski definition) is 0. The lowest BCUT2D eigenvalue weighted by molar-refractivity contribution is -0.986. The molecule has 0 heterocycles. The molecule has 0 saturated heterocycles. The summed E-state index contributed by atoms with van der Waals surface area (Å²) in [5.41, 5.74) is -3.70. The normalized spacial score (nSPS) is 10.7. The number of rotatable bonds is 6. The van der Waals surface area contributed by atoms with Gasteiger partial charge in [0.2, 0.25) is 5.56 Å². The highest BCUT2D eigenvalue weighted by molar-refractivity contribution is 5.47. The van der Waals surface area contributed by atoms with Gasteiger partial charge in [-0.15, -0.1) is 0 Å². The molecule has 0 amide bonds.